The minimum absolute atomic E-state index is 0.115. The van der Waals surface area contributed by atoms with Crippen LogP contribution in [0.5, 0.6) is 17.2 Å². The number of hydrogen-bond acceptors (Lipinski definition) is 7. The molecule has 1 atom stereocenters. The molecule has 2 heterocycles. The standard InChI is InChI=1S/C26H31N3O5S/c1-3-5-6-7-14-32-20-11-8-18(9-12-20)27-25(31)23-16-24(30)29(4-2)26(35-23)28-19-10-13-21-22(15-19)34-17-33-21/h8-13,15,23H,3-7,14,16-17H2,1-2H3,(H,27,31)/t23-/m1/s1. The van der Waals surface area contributed by atoms with Crippen molar-refractivity contribution in [3.8, 4) is 17.2 Å². The van der Waals surface area contributed by atoms with Crippen molar-refractivity contribution >= 4 is 40.1 Å². The first-order valence-electron chi connectivity index (χ1n) is 12.1. The van der Waals surface area contributed by atoms with E-state index >= 15 is 0 Å². The minimum Gasteiger partial charge on any atom is -0.494 e. The molecule has 1 saturated heterocycles. The van der Waals surface area contributed by atoms with Gasteiger partial charge in [-0.15, -0.1) is 0 Å². The van der Waals surface area contributed by atoms with E-state index in [-0.39, 0.29) is 25.0 Å². The van der Waals surface area contributed by atoms with E-state index in [4.69, 9.17) is 14.2 Å². The van der Waals surface area contributed by atoms with Crippen molar-refractivity contribution in [3.63, 3.8) is 0 Å². The summed E-state index contributed by atoms with van der Waals surface area (Å²) in [6.45, 7) is 5.41. The maximum absolute atomic E-state index is 13.0. The molecule has 1 N–H and O–H groups in total. The van der Waals surface area contributed by atoms with Gasteiger partial charge < -0.3 is 19.5 Å². The maximum atomic E-state index is 13.0. The average Bonchev–Trinajstić information content (AvgIpc) is 3.33. The van der Waals surface area contributed by atoms with Gasteiger partial charge in [0.15, 0.2) is 16.7 Å². The van der Waals surface area contributed by atoms with E-state index in [0.29, 0.717) is 41.2 Å². The van der Waals surface area contributed by atoms with Gasteiger partial charge in [-0.3, -0.25) is 14.5 Å². The van der Waals surface area contributed by atoms with Crippen LogP contribution in [0.3, 0.4) is 0 Å². The lowest BCUT2D eigenvalue weighted by atomic mass is 10.2. The van der Waals surface area contributed by atoms with E-state index in [1.54, 1.807) is 23.1 Å². The summed E-state index contributed by atoms with van der Waals surface area (Å²) in [7, 11) is 0. The highest BCUT2D eigenvalue weighted by Crippen LogP contribution is 2.37. The summed E-state index contributed by atoms with van der Waals surface area (Å²) in [5.74, 6) is 1.70. The van der Waals surface area contributed by atoms with Crippen LogP contribution in [-0.2, 0) is 9.59 Å². The number of unbranched alkanes of at least 4 members (excludes halogenated alkanes) is 3. The summed E-state index contributed by atoms with van der Waals surface area (Å²) >= 11 is 1.29. The fourth-order valence-corrected chi connectivity index (χ4v) is 4.96. The van der Waals surface area contributed by atoms with Crippen LogP contribution in [0.25, 0.3) is 0 Å². The molecular weight excluding hydrogens is 466 g/mol. The van der Waals surface area contributed by atoms with Gasteiger partial charge >= 0.3 is 0 Å². The van der Waals surface area contributed by atoms with Crippen LogP contribution in [0.15, 0.2) is 47.5 Å². The van der Waals surface area contributed by atoms with Crippen molar-refractivity contribution in [2.24, 2.45) is 4.99 Å². The normalized spacial score (nSPS) is 18.1. The van der Waals surface area contributed by atoms with Gasteiger partial charge in [0.25, 0.3) is 0 Å². The number of anilines is 1. The monoisotopic (exact) mass is 497 g/mol. The molecule has 2 aromatic carbocycles. The van der Waals surface area contributed by atoms with Gasteiger partial charge in [-0.1, -0.05) is 37.9 Å². The van der Waals surface area contributed by atoms with E-state index in [1.807, 2.05) is 31.2 Å². The lowest BCUT2D eigenvalue weighted by Crippen LogP contribution is -2.45. The van der Waals surface area contributed by atoms with E-state index in [9.17, 15) is 9.59 Å². The van der Waals surface area contributed by atoms with Crippen LogP contribution in [0, 0.1) is 0 Å². The number of carbonyl (C=O) groups is 2. The number of thioether (sulfide) groups is 1. The van der Waals surface area contributed by atoms with Gasteiger partial charge in [0.05, 0.1) is 12.3 Å². The fraction of sp³-hybridized carbons (Fsp3) is 0.423. The second-order valence-corrected chi connectivity index (χ2v) is 9.47. The Bertz CT molecular complexity index is 1070. The molecule has 186 valence electrons. The van der Waals surface area contributed by atoms with Crippen LogP contribution in [0.2, 0.25) is 0 Å². The second-order valence-electron chi connectivity index (χ2n) is 8.30. The Morgan fingerprint density at radius 1 is 1.11 bits per heavy atom. The van der Waals surface area contributed by atoms with E-state index in [2.05, 4.69) is 17.2 Å². The number of aliphatic imine (C=N–C) groups is 1. The highest BCUT2D eigenvalue weighted by atomic mass is 32.2. The highest BCUT2D eigenvalue weighted by molar-refractivity contribution is 8.15. The number of carbonyl (C=O) groups excluding carboxylic acids is 2. The van der Waals surface area contributed by atoms with Crippen LogP contribution >= 0.6 is 11.8 Å². The third kappa shape index (κ3) is 6.48. The SMILES string of the molecule is CCCCCCOc1ccc(NC(=O)[C@H]2CC(=O)N(CC)C(=Nc3ccc4c(c3)OCO4)S2)cc1. The van der Waals surface area contributed by atoms with Gasteiger partial charge in [-0.25, -0.2) is 4.99 Å². The molecule has 0 spiro atoms. The van der Waals surface area contributed by atoms with Crippen molar-refractivity contribution < 1.29 is 23.8 Å². The van der Waals surface area contributed by atoms with E-state index in [0.717, 1.165) is 18.6 Å². The van der Waals surface area contributed by atoms with Crippen LogP contribution in [-0.4, -0.2) is 47.1 Å². The lowest BCUT2D eigenvalue weighted by Gasteiger charge is -2.30. The van der Waals surface area contributed by atoms with Crippen LogP contribution < -0.4 is 19.5 Å². The molecule has 0 bridgehead atoms. The number of hydrogen-bond donors (Lipinski definition) is 1. The largest absolute Gasteiger partial charge is 0.494 e. The fourth-order valence-electron chi connectivity index (χ4n) is 3.79. The smallest absolute Gasteiger partial charge is 0.238 e. The summed E-state index contributed by atoms with van der Waals surface area (Å²) in [6, 6.07) is 12.7. The number of amidine groups is 1. The summed E-state index contributed by atoms with van der Waals surface area (Å²) in [5.41, 5.74) is 1.29. The minimum atomic E-state index is -0.576. The van der Waals surface area contributed by atoms with Crippen molar-refractivity contribution in [3.05, 3.63) is 42.5 Å². The summed E-state index contributed by atoms with van der Waals surface area (Å²) < 4.78 is 16.5. The molecule has 0 unspecified atom stereocenters. The second kappa shape index (κ2) is 12.0. The molecule has 0 aromatic heterocycles. The Morgan fingerprint density at radius 3 is 2.69 bits per heavy atom. The number of benzene rings is 2. The number of fused-ring (bicyclic) bond motifs is 1. The zero-order valence-electron chi connectivity index (χ0n) is 20.1. The van der Waals surface area contributed by atoms with Crippen molar-refractivity contribution in [1.29, 1.82) is 0 Å². The molecule has 35 heavy (non-hydrogen) atoms. The van der Waals surface area contributed by atoms with Gasteiger partial charge in [0, 0.05) is 24.7 Å². The van der Waals surface area contributed by atoms with Crippen molar-refractivity contribution in [2.45, 2.75) is 51.2 Å². The summed E-state index contributed by atoms with van der Waals surface area (Å²) in [5, 5.41) is 2.84. The lowest BCUT2D eigenvalue weighted by molar-refractivity contribution is -0.129. The van der Waals surface area contributed by atoms with Gasteiger partial charge in [0.2, 0.25) is 18.6 Å². The molecular formula is C26H31N3O5S. The Labute approximate surface area is 210 Å². The number of rotatable bonds is 10. The van der Waals surface area contributed by atoms with Gasteiger partial charge in [-0.05, 0) is 49.7 Å². The zero-order chi connectivity index (χ0) is 24.6. The molecule has 8 nitrogen and oxygen atoms in total. The topological polar surface area (TPSA) is 89.5 Å². The molecule has 0 saturated carbocycles. The first-order valence-corrected chi connectivity index (χ1v) is 12.9. The predicted molar refractivity (Wildman–Crippen MR) is 138 cm³/mol. The quantitative estimate of drug-likeness (QED) is 0.445. The molecule has 2 aliphatic heterocycles. The highest BCUT2D eigenvalue weighted by Gasteiger charge is 2.35. The van der Waals surface area contributed by atoms with Gasteiger partial charge in [0.1, 0.15) is 11.0 Å². The summed E-state index contributed by atoms with van der Waals surface area (Å²) in [4.78, 5) is 32.0. The first kappa shape index (κ1) is 24.9. The van der Waals surface area contributed by atoms with E-state index in [1.165, 1.54) is 24.6 Å². The average molecular weight is 498 g/mol. The van der Waals surface area contributed by atoms with Crippen molar-refractivity contribution in [1.82, 2.24) is 4.90 Å². The molecule has 0 radical (unpaired) electrons. The molecule has 9 heteroatoms. The Hall–Kier alpha value is -3.20. The molecule has 2 aliphatic rings. The molecule has 2 amide bonds. The zero-order valence-corrected chi connectivity index (χ0v) is 20.9. The van der Waals surface area contributed by atoms with Gasteiger partial charge in [-0.2, -0.15) is 0 Å². The maximum Gasteiger partial charge on any atom is 0.238 e. The number of amides is 2. The number of nitrogens with zero attached hydrogens (tertiary/aromatic N) is 2. The van der Waals surface area contributed by atoms with E-state index < -0.39 is 5.25 Å². The van der Waals surface area contributed by atoms with Crippen LogP contribution in [0.1, 0.15) is 46.0 Å². The third-order valence-corrected chi connectivity index (χ3v) is 6.91. The summed E-state index contributed by atoms with van der Waals surface area (Å²) in [6.07, 6.45) is 4.72. The van der Waals surface area contributed by atoms with Crippen LogP contribution in [0.4, 0.5) is 11.4 Å². The third-order valence-electron chi connectivity index (χ3n) is 5.72. The molecule has 1 fully saturated rings. The predicted octanol–water partition coefficient (Wildman–Crippen LogP) is 5.35. The Morgan fingerprint density at radius 2 is 1.91 bits per heavy atom. The van der Waals surface area contributed by atoms with Crippen molar-refractivity contribution in [2.75, 3.05) is 25.3 Å². The Balaban J connectivity index is 1.38. The number of ether oxygens (including phenoxy) is 3. The Kier molecular flexibility index (Phi) is 8.52. The first-order chi connectivity index (χ1) is 17.1. The molecule has 4 rings (SSSR count). The number of nitrogens with one attached hydrogen (secondary N) is 1. The molecule has 0 aliphatic carbocycles. The molecule has 2 aromatic rings.